The Hall–Kier alpha value is -1.53. The first-order chi connectivity index (χ1) is 7.16. The number of hydrogen-bond acceptors (Lipinski definition) is 3. The van der Waals surface area contributed by atoms with Gasteiger partial charge in [0.2, 0.25) is 5.43 Å². The summed E-state index contributed by atoms with van der Waals surface area (Å²) < 4.78 is 19.3. The Morgan fingerprint density at radius 1 is 1.40 bits per heavy atom. The number of aromatic amines is 1. The largest absolute Gasteiger partial charge is 0.360 e. The van der Waals surface area contributed by atoms with Crippen LogP contribution in [0.15, 0.2) is 29.2 Å². The topological polar surface area (TPSA) is 83.0 Å². The van der Waals surface area contributed by atoms with Gasteiger partial charge in [0, 0.05) is 12.3 Å². The van der Waals surface area contributed by atoms with Gasteiger partial charge in [0.15, 0.2) is 11.1 Å². The molecule has 2 aromatic rings. The summed E-state index contributed by atoms with van der Waals surface area (Å²) in [4.78, 5) is 18.3. The molecule has 2 aromatic heterocycles. The molecule has 5 nitrogen and oxygen atoms in total. The van der Waals surface area contributed by atoms with Gasteiger partial charge < -0.3 is 9.54 Å². The van der Waals surface area contributed by atoms with Gasteiger partial charge >= 0.3 is 0 Å². The van der Waals surface area contributed by atoms with Crippen molar-refractivity contribution in [3.8, 4) is 0 Å². The molecule has 15 heavy (non-hydrogen) atoms. The smallest absolute Gasteiger partial charge is 0.207 e. The molecule has 0 aliphatic heterocycles. The van der Waals surface area contributed by atoms with E-state index in [2.05, 4.69) is 9.97 Å². The van der Waals surface area contributed by atoms with Gasteiger partial charge in [0.25, 0.3) is 0 Å². The lowest BCUT2D eigenvalue weighted by molar-refractivity contribution is 0.563. The predicted molar refractivity (Wildman–Crippen MR) is 56.8 cm³/mol. The molecule has 1 unspecified atom stereocenters. The van der Waals surface area contributed by atoms with Gasteiger partial charge in [-0.05, 0) is 12.1 Å². The van der Waals surface area contributed by atoms with E-state index in [0.29, 0.717) is 16.7 Å². The molecule has 2 N–H and O–H groups in total. The molecular weight excluding hydrogens is 216 g/mol. The van der Waals surface area contributed by atoms with Crippen molar-refractivity contribution in [1.29, 1.82) is 0 Å². The van der Waals surface area contributed by atoms with Gasteiger partial charge in [-0.3, -0.25) is 4.79 Å². The van der Waals surface area contributed by atoms with E-state index in [4.69, 9.17) is 4.55 Å². The van der Waals surface area contributed by atoms with E-state index in [9.17, 15) is 9.00 Å². The molecule has 0 aromatic carbocycles. The molecule has 0 radical (unpaired) electrons. The van der Waals surface area contributed by atoms with E-state index in [-0.39, 0.29) is 11.2 Å². The first-order valence-corrected chi connectivity index (χ1v) is 5.49. The second kappa shape index (κ2) is 3.92. The van der Waals surface area contributed by atoms with Gasteiger partial charge in [0.05, 0.1) is 17.0 Å². The first kappa shape index (κ1) is 10.0. The van der Waals surface area contributed by atoms with Crippen LogP contribution in [0.2, 0.25) is 0 Å². The van der Waals surface area contributed by atoms with Gasteiger partial charge in [0.1, 0.15) is 5.52 Å². The van der Waals surface area contributed by atoms with Crippen LogP contribution < -0.4 is 5.43 Å². The Morgan fingerprint density at radius 2 is 2.20 bits per heavy atom. The van der Waals surface area contributed by atoms with Crippen LogP contribution >= 0.6 is 0 Å². The number of aromatic nitrogens is 2. The van der Waals surface area contributed by atoms with Crippen LogP contribution in [0, 0.1) is 0 Å². The summed E-state index contributed by atoms with van der Waals surface area (Å²) in [5, 5.41) is 0. The Kier molecular flexibility index (Phi) is 2.61. The Morgan fingerprint density at radius 3 is 2.93 bits per heavy atom. The van der Waals surface area contributed by atoms with E-state index >= 15 is 0 Å². The zero-order valence-corrected chi connectivity index (χ0v) is 8.45. The molecule has 0 aliphatic rings. The SMILES string of the molecule is O=c1cc[nH]c2ccc(CS(=O)O)nc12. The van der Waals surface area contributed by atoms with Crippen LogP contribution in [0.5, 0.6) is 0 Å². The van der Waals surface area contributed by atoms with E-state index < -0.39 is 11.1 Å². The maximum Gasteiger partial charge on any atom is 0.207 e. The van der Waals surface area contributed by atoms with Crippen LogP contribution in [0.4, 0.5) is 0 Å². The highest BCUT2D eigenvalue weighted by atomic mass is 32.2. The fourth-order valence-electron chi connectivity index (χ4n) is 1.30. The molecule has 0 saturated carbocycles. The fraction of sp³-hybridized carbons (Fsp3) is 0.111. The van der Waals surface area contributed by atoms with Crippen molar-refractivity contribution in [2.45, 2.75) is 5.75 Å². The second-order valence-corrected chi connectivity index (χ2v) is 3.94. The zero-order chi connectivity index (χ0) is 10.8. The van der Waals surface area contributed by atoms with Gasteiger partial charge in [-0.2, -0.15) is 0 Å². The van der Waals surface area contributed by atoms with Crippen molar-refractivity contribution in [3.05, 3.63) is 40.3 Å². The minimum Gasteiger partial charge on any atom is -0.360 e. The molecule has 2 rings (SSSR count). The highest BCUT2D eigenvalue weighted by Crippen LogP contribution is 2.06. The van der Waals surface area contributed by atoms with Crippen LogP contribution in [-0.2, 0) is 16.8 Å². The van der Waals surface area contributed by atoms with Crippen LogP contribution in [0.1, 0.15) is 5.69 Å². The second-order valence-electron chi connectivity index (χ2n) is 3.01. The average Bonchev–Trinajstić information content (AvgIpc) is 2.18. The molecule has 0 spiro atoms. The lowest BCUT2D eigenvalue weighted by atomic mass is 10.3. The third-order valence-corrected chi connectivity index (χ3v) is 2.47. The molecule has 1 atom stereocenters. The predicted octanol–water partition coefficient (Wildman–Crippen LogP) is 0.645. The molecule has 78 valence electrons. The van der Waals surface area contributed by atoms with Crippen LogP contribution in [0.3, 0.4) is 0 Å². The van der Waals surface area contributed by atoms with Gasteiger partial charge in [-0.1, -0.05) is 0 Å². The van der Waals surface area contributed by atoms with E-state index in [1.807, 2.05) is 0 Å². The Balaban J connectivity index is 2.59. The summed E-state index contributed by atoms with van der Waals surface area (Å²) in [6, 6.07) is 4.66. The van der Waals surface area contributed by atoms with Crippen molar-refractivity contribution < 1.29 is 8.76 Å². The molecule has 0 aliphatic carbocycles. The summed E-state index contributed by atoms with van der Waals surface area (Å²) >= 11 is -1.94. The number of nitrogens with one attached hydrogen (secondary N) is 1. The number of H-pyrrole nitrogens is 1. The summed E-state index contributed by atoms with van der Waals surface area (Å²) in [7, 11) is 0. The van der Waals surface area contributed by atoms with Crippen molar-refractivity contribution >= 4 is 22.1 Å². The fourth-order valence-corrected chi connectivity index (χ4v) is 1.71. The van der Waals surface area contributed by atoms with Crippen LogP contribution in [0.25, 0.3) is 11.0 Å². The number of hydrogen-bond donors (Lipinski definition) is 2. The van der Waals surface area contributed by atoms with Crippen molar-refractivity contribution in [1.82, 2.24) is 9.97 Å². The lowest BCUT2D eigenvalue weighted by Crippen LogP contribution is -2.05. The number of pyridine rings is 2. The average molecular weight is 224 g/mol. The molecule has 0 saturated heterocycles. The Labute approximate surface area is 87.5 Å². The quantitative estimate of drug-likeness (QED) is 0.733. The maximum absolute atomic E-state index is 11.4. The molecule has 0 bridgehead atoms. The Bertz CT molecular complexity index is 579. The molecular formula is C9H8N2O3S. The standard InChI is InChI=1S/C9H8N2O3S/c12-8-3-4-10-7-2-1-6(5-15(13)14)11-9(7)8/h1-4H,5H2,(H,10,12)(H,13,14). The van der Waals surface area contributed by atoms with E-state index in [1.165, 1.54) is 12.3 Å². The number of fused-ring (bicyclic) bond motifs is 1. The van der Waals surface area contributed by atoms with Crippen molar-refractivity contribution in [2.24, 2.45) is 0 Å². The minimum atomic E-state index is -1.94. The first-order valence-electron chi connectivity index (χ1n) is 4.21. The summed E-state index contributed by atoms with van der Waals surface area (Å²) in [5.74, 6) is -0.0652. The molecule has 0 fully saturated rings. The maximum atomic E-state index is 11.4. The van der Waals surface area contributed by atoms with Crippen molar-refractivity contribution in [2.75, 3.05) is 0 Å². The third-order valence-electron chi connectivity index (χ3n) is 1.93. The summed E-state index contributed by atoms with van der Waals surface area (Å²) in [6.07, 6.45) is 1.54. The normalized spacial score (nSPS) is 12.9. The monoisotopic (exact) mass is 224 g/mol. The number of nitrogens with zero attached hydrogens (tertiary/aromatic N) is 1. The van der Waals surface area contributed by atoms with Gasteiger partial charge in [-0.15, -0.1) is 0 Å². The molecule has 2 heterocycles. The van der Waals surface area contributed by atoms with Crippen LogP contribution in [-0.4, -0.2) is 18.7 Å². The number of rotatable bonds is 2. The highest BCUT2D eigenvalue weighted by molar-refractivity contribution is 7.78. The van der Waals surface area contributed by atoms with Crippen molar-refractivity contribution in [3.63, 3.8) is 0 Å². The zero-order valence-electron chi connectivity index (χ0n) is 7.64. The third kappa shape index (κ3) is 2.11. The minimum absolute atomic E-state index is 0.0652. The highest BCUT2D eigenvalue weighted by Gasteiger charge is 2.03. The molecule has 0 amide bonds. The molecule has 6 heteroatoms. The van der Waals surface area contributed by atoms with E-state index in [1.54, 1.807) is 12.1 Å². The lowest BCUT2D eigenvalue weighted by Gasteiger charge is -1.99. The van der Waals surface area contributed by atoms with E-state index in [0.717, 1.165) is 0 Å². The van der Waals surface area contributed by atoms with Gasteiger partial charge in [-0.25, -0.2) is 9.19 Å². The summed E-state index contributed by atoms with van der Waals surface area (Å²) in [5.41, 5.74) is 1.14. The summed E-state index contributed by atoms with van der Waals surface area (Å²) in [6.45, 7) is 0.